The molecule has 0 radical (unpaired) electrons. The smallest absolute Gasteiger partial charge is 0.274 e. The number of nitrogens with zero attached hydrogens (tertiary/aromatic N) is 4. The highest BCUT2D eigenvalue weighted by Crippen LogP contribution is 2.22. The van der Waals surface area contributed by atoms with E-state index in [1.165, 1.54) is 12.1 Å². The van der Waals surface area contributed by atoms with Crippen LogP contribution < -0.4 is 0 Å². The molecule has 0 N–H and O–H groups in total. The Kier molecular flexibility index (Phi) is 4.38. The molecule has 0 unspecified atom stereocenters. The van der Waals surface area contributed by atoms with Crippen molar-refractivity contribution in [3.63, 3.8) is 0 Å². The third-order valence-electron chi connectivity index (χ3n) is 4.32. The first kappa shape index (κ1) is 16.9. The van der Waals surface area contributed by atoms with Crippen molar-refractivity contribution in [2.75, 3.05) is 7.05 Å². The first-order valence-electron chi connectivity index (χ1n) is 8.51. The van der Waals surface area contributed by atoms with Gasteiger partial charge in [-0.25, -0.2) is 9.37 Å². The summed E-state index contributed by atoms with van der Waals surface area (Å²) in [6.07, 6.45) is 5.06. The Labute approximate surface area is 155 Å². The van der Waals surface area contributed by atoms with Gasteiger partial charge in [0, 0.05) is 37.7 Å². The van der Waals surface area contributed by atoms with Crippen molar-refractivity contribution < 1.29 is 9.18 Å². The molecule has 0 atom stereocenters. The van der Waals surface area contributed by atoms with Crippen molar-refractivity contribution in [2.24, 2.45) is 0 Å². The minimum absolute atomic E-state index is 0.174. The zero-order valence-electron chi connectivity index (χ0n) is 14.7. The quantitative estimate of drug-likeness (QED) is 0.556. The number of rotatable bonds is 4. The van der Waals surface area contributed by atoms with Crippen LogP contribution in [0.5, 0.6) is 0 Å². The number of benzene rings is 2. The summed E-state index contributed by atoms with van der Waals surface area (Å²) in [7, 11) is 1.75. The van der Waals surface area contributed by atoms with Gasteiger partial charge in [-0.15, -0.1) is 0 Å². The van der Waals surface area contributed by atoms with E-state index in [1.54, 1.807) is 47.1 Å². The van der Waals surface area contributed by atoms with Gasteiger partial charge in [-0.05, 0) is 29.8 Å². The second-order valence-corrected chi connectivity index (χ2v) is 6.29. The second-order valence-electron chi connectivity index (χ2n) is 6.29. The molecule has 6 heteroatoms. The Morgan fingerprint density at radius 2 is 1.85 bits per heavy atom. The summed E-state index contributed by atoms with van der Waals surface area (Å²) in [5.41, 5.74) is 3.28. The van der Waals surface area contributed by atoms with Crippen LogP contribution in [0.3, 0.4) is 0 Å². The van der Waals surface area contributed by atoms with Gasteiger partial charge in [0.05, 0.1) is 0 Å². The zero-order chi connectivity index (χ0) is 18.8. The number of imidazole rings is 1. The fraction of sp³-hybridized carbons (Fsp3) is 0.0952. The van der Waals surface area contributed by atoms with E-state index in [1.807, 2.05) is 30.3 Å². The van der Waals surface area contributed by atoms with Crippen molar-refractivity contribution >= 4 is 11.6 Å². The lowest BCUT2D eigenvalue weighted by Crippen LogP contribution is -2.26. The van der Waals surface area contributed by atoms with E-state index >= 15 is 0 Å². The summed E-state index contributed by atoms with van der Waals surface area (Å²) in [4.78, 5) is 23.3. The average Bonchev–Trinajstić information content (AvgIpc) is 3.13. The van der Waals surface area contributed by atoms with Crippen LogP contribution in [0.1, 0.15) is 16.1 Å². The molecular weight excluding hydrogens is 343 g/mol. The molecule has 0 saturated heterocycles. The normalized spacial score (nSPS) is 10.9. The van der Waals surface area contributed by atoms with E-state index in [-0.39, 0.29) is 11.7 Å². The molecule has 0 aliphatic rings. The van der Waals surface area contributed by atoms with Crippen molar-refractivity contribution in [1.29, 1.82) is 0 Å². The minimum Gasteiger partial charge on any atom is -0.336 e. The zero-order valence-corrected chi connectivity index (χ0v) is 14.7. The number of hydrogen-bond donors (Lipinski definition) is 0. The fourth-order valence-corrected chi connectivity index (χ4v) is 2.96. The maximum Gasteiger partial charge on any atom is 0.274 e. The number of carbonyl (C=O) groups excluding carboxylic acids is 1. The summed E-state index contributed by atoms with van der Waals surface area (Å²) in [5, 5.41) is 0. The summed E-state index contributed by atoms with van der Waals surface area (Å²) in [6, 6.07) is 15.8. The van der Waals surface area contributed by atoms with Crippen LogP contribution in [0.4, 0.5) is 4.39 Å². The van der Waals surface area contributed by atoms with Crippen LogP contribution in [-0.4, -0.2) is 32.2 Å². The molecule has 2 heterocycles. The molecule has 0 aliphatic heterocycles. The summed E-state index contributed by atoms with van der Waals surface area (Å²) in [6.45, 7) is 0.497. The average molecular weight is 360 g/mol. The van der Waals surface area contributed by atoms with Crippen LogP contribution in [0.2, 0.25) is 0 Å². The molecule has 0 fully saturated rings. The standard InChI is InChI=1S/C21H17FN4O/c1-25(13-15-5-3-2-4-6-15)21(27)18-14-26-12-11-23-19(20(26)24-18)16-7-9-17(22)10-8-16/h2-12,14H,13H2,1H3. The number of halogens is 1. The van der Waals surface area contributed by atoms with E-state index in [2.05, 4.69) is 9.97 Å². The molecule has 4 aromatic rings. The monoisotopic (exact) mass is 360 g/mol. The predicted molar refractivity (Wildman–Crippen MR) is 101 cm³/mol. The largest absolute Gasteiger partial charge is 0.336 e. The number of hydrogen-bond acceptors (Lipinski definition) is 3. The van der Waals surface area contributed by atoms with E-state index in [0.29, 0.717) is 23.6 Å². The first-order chi connectivity index (χ1) is 13.1. The molecule has 5 nitrogen and oxygen atoms in total. The summed E-state index contributed by atoms with van der Waals surface area (Å²) in [5.74, 6) is -0.486. The molecule has 2 aromatic heterocycles. The Morgan fingerprint density at radius 1 is 1.11 bits per heavy atom. The molecule has 0 spiro atoms. The lowest BCUT2D eigenvalue weighted by molar-refractivity contribution is 0.0780. The van der Waals surface area contributed by atoms with Gasteiger partial charge in [0.15, 0.2) is 5.65 Å². The van der Waals surface area contributed by atoms with Crippen LogP contribution in [0.15, 0.2) is 73.2 Å². The highest BCUT2D eigenvalue weighted by Gasteiger charge is 2.18. The van der Waals surface area contributed by atoms with E-state index in [0.717, 1.165) is 11.1 Å². The van der Waals surface area contributed by atoms with Gasteiger partial charge < -0.3 is 9.30 Å². The Bertz CT molecular complexity index is 1090. The van der Waals surface area contributed by atoms with Crippen LogP contribution in [0.25, 0.3) is 16.9 Å². The lowest BCUT2D eigenvalue weighted by atomic mass is 10.1. The molecule has 1 amide bonds. The minimum atomic E-state index is -0.313. The lowest BCUT2D eigenvalue weighted by Gasteiger charge is -2.15. The molecule has 0 bridgehead atoms. The van der Waals surface area contributed by atoms with Gasteiger partial charge in [0.25, 0.3) is 5.91 Å². The molecule has 134 valence electrons. The third kappa shape index (κ3) is 3.42. The van der Waals surface area contributed by atoms with E-state index in [9.17, 15) is 9.18 Å². The first-order valence-corrected chi connectivity index (χ1v) is 8.51. The SMILES string of the molecule is CN(Cc1ccccc1)C(=O)c1cn2ccnc(-c3ccc(F)cc3)c2n1. The number of fused-ring (bicyclic) bond motifs is 1. The van der Waals surface area contributed by atoms with Crippen molar-refractivity contribution in [3.05, 3.63) is 90.3 Å². The van der Waals surface area contributed by atoms with E-state index < -0.39 is 0 Å². The maximum atomic E-state index is 13.2. The predicted octanol–water partition coefficient (Wildman–Crippen LogP) is 3.81. The van der Waals surface area contributed by atoms with Crippen molar-refractivity contribution in [3.8, 4) is 11.3 Å². The van der Waals surface area contributed by atoms with Crippen LogP contribution in [-0.2, 0) is 6.54 Å². The Balaban J connectivity index is 1.66. The number of aromatic nitrogens is 3. The van der Waals surface area contributed by atoms with Gasteiger partial charge in [0.1, 0.15) is 17.2 Å². The van der Waals surface area contributed by atoms with Crippen molar-refractivity contribution in [2.45, 2.75) is 6.54 Å². The Morgan fingerprint density at radius 3 is 2.59 bits per heavy atom. The van der Waals surface area contributed by atoms with Gasteiger partial charge in [-0.2, -0.15) is 0 Å². The van der Waals surface area contributed by atoms with Gasteiger partial charge in [0.2, 0.25) is 0 Å². The third-order valence-corrected chi connectivity index (χ3v) is 4.32. The highest BCUT2D eigenvalue weighted by atomic mass is 19.1. The van der Waals surface area contributed by atoms with Crippen LogP contribution in [0, 0.1) is 5.82 Å². The fourth-order valence-electron chi connectivity index (χ4n) is 2.96. The topological polar surface area (TPSA) is 50.5 Å². The molecule has 0 aliphatic carbocycles. The number of amides is 1. The van der Waals surface area contributed by atoms with E-state index in [4.69, 9.17) is 0 Å². The molecule has 4 rings (SSSR count). The van der Waals surface area contributed by atoms with Gasteiger partial charge in [-0.3, -0.25) is 9.78 Å². The molecule has 27 heavy (non-hydrogen) atoms. The van der Waals surface area contributed by atoms with Gasteiger partial charge in [-0.1, -0.05) is 30.3 Å². The summed E-state index contributed by atoms with van der Waals surface area (Å²) < 4.78 is 15.0. The summed E-state index contributed by atoms with van der Waals surface area (Å²) >= 11 is 0. The second kappa shape index (κ2) is 6.99. The number of carbonyl (C=O) groups is 1. The molecule has 2 aromatic carbocycles. The molecular formula is C21H17FN4O. The van der Waals surface area contributed by atoms with Crippen LogP contribution >= 0.6 is 0 Å². The molecule has 0 saturated carbocycles. The Hall–Kier alpha value is -3.54. The highest BCUT2D eigenvalue weighted by molar-refractivity contribution is 5.93. The van der Waals surface area contributed by atoms with Gasteiger partial charge >= 0.3 is 0 Å². The van der Waals surface area contributed by atoms with Crippen molar-refractivity contribution in [1.82, 2.24) is 19.3 Å². The maximum absolute atomic E-state index is 13.2.